The Morgan fingerprint density at radius 1 is 1.09 bits per heavy atom. The SMILES string of the molecule is Cc1c(F)n[c]([Sn])c(C)c1C. The van der Waals surface area contributed by atoms with Crippen molar-refractivity contribution >= 4 is 26.2 Å². The van der Waals surface area contributed by atoms with Gasteiger partial charge in [0.05, 0.1) is 0 Å². The van der Waals surface area contributed by atoms with E-state index in [0.717, 1.165) is 14.8 Å². The average molecular weight is 257 g/mol. The van der Waals surface area contributed by atoms with Crippen LogP contribution in [0, 0.1) is 26.7 Å². The third-order valence-electron chi connectivity index (χ3n) is 2.00. The van der Waals surface area contributed by atoms with Gasteiger partial charge >= 0.3 is 79.0 Å². The molecule has 57 valence electrons. The number of halogens is 1. The predicted octanol–water partition coefficient (Wildman–Crippen LogP) is 0.940. The van der Waals surface area contributed by atoms with Gasteiger partial charge in [0.15, 0.2) is 0 Å². The fourth-order valence-electron chi connectivity index (χ4n) is 0.879. The summed E-state index contributed by atoms with van der Waals surface area (Å²) in [5.74, 6) is -0.320. The number of aromatic nitrogens is 1. The first-order valence-electron chi connectivity index (χ1n) is 3.39. The molecule has 1 nitrogen and oxygen atoms in total. The van der Waals surface area contributed by atoms with E-state index >= 15 is 0 Å². The van der Waals surface area contributed by atoms with Crippen molar-refractivity contribution in [2.45, 2.75) is 20.8 Å². The van der Waals surface area contributed by atoms with Gasteiger partial charge in [0, 0.05) is 0 Å². The van der Waals surface area contributed by atoms with Crippen molar-refractivity contribution in [1.29, 1.82) is 0 Å². The minimum absolute atomic E-state index is 0.320. The molecule has 1 aromatic rings. The summed E-state index contributed by atoms with van der Waals surface area (Å²) in [6, 6.07) is 0. The van der Waals surface area contributed by atoms with E-state index in [0.29, 0.717) is 5.56 Å². The zero-order chi connectivity index (χ0) is 8.59. The molecule has 3 heteroatoms. The molecule has 0 amide bonds. The summed E-state index contributed by atoms with van der Waals surface area (Å²) in [6.07, 6.45) is 0. The van der Waals surface area contributed by atoms with E-state index in [-0.39, 0.29) is 5.95 Å². The van der Waals surface area contributed by atoms with Crippen LogP contribution >= 0.6 is 0 Å². The van der Waals surface area contributed by atoms with Crippen LogP contribution in [-0.4, -0.2) is 27.5 Å². The number of hydrogen-bond donors (Lipinski definition) is 0. The van der Waals surface area contributed by atoms with E-state index in [9.17, 15) is 4.39 Å². The Kier molecular flexibility index (Phi) is 2.52. The van der Waals surface area contributed by atoms with E-state index in [1.165, 1.54) is 22.5 Å². The zero-order valence-corrected chi connectivity index (χ0v) is 9.68. The van der Waals surface area contributed by atoms with Gasteiger partial charge in [-0.2, -0.15) is 0 Å². The summed E-state index contributed by atoms with van der Waals surface area (Å²) in [5.41, 5.74) is 2.83. The summed E-state index contributed by atoms with van der Waals surface area (Å²) in [5, 5.41) is 0. The van der Waals surface area contributed by atoms with Crippen molar-refractivity contribution in [2.24, 2.45) is 0 Å². The molecule has 0 aromatic carbocycles. The van der Waals surface area contributed by atoms with Crippen molar-refractivity contribution in [3.05, 3.63) is 22.6 Å². The van der Waals surface area contributed by atoms with Crippen LogP contribution in [0.4, 0.5) is 4.39 Å². The van der Waals surface area contributed by atoms with Gasteiger partial charge in [-0.25, -0.2) is 0 Å². The summed E-state index contributed by atoms with van der Waals surface area (Å²) >= 11 is 1.17. The third kappa shape index (κ3) is 1.55. The zero-order valence-electron chi connectivity index (χ0n) is 6.83. The van der Waals surface area contributed by atoms with Gasteiger partial charge in [-0.3, -0.25) is 0 Å². The first-order valence-corrected chi connectivity index (χ1v) is 4.81. The van der Waals surface area contributed by atoms with E-state index in [1.54, 1.807) is 6.92 Å². The van der Waals surface area contributed by atoms with E-state index in [2.05, 4.69) is 4.98 Å². The maximum absolute atomic E-state index is 12.9. The molecule has 11 heavy (non-hydrogen) atoms. The third-order valence-corrected chi connectivity index (χ3v) is 3.39. The molecular formula is C8H9FNSn. The average Bonchev–Trinajstić information content (AvgIpc) is 1.97. The Hall–Kier alpha value is -0.121. The molecule has 0 aliphatic heterocycles. The first-order chi connectivity index (χ1) is 5.04. The van der Waals surface area contributed by atoms with Crippen molar-refractivity contribution < 1.29 is 4.39 Å². The van der Waals surface area contributed by atoms with Crippen molar-refractivity contribution in [1.82, 2.24) is 4.98 Å². The predicted molar refractivity (Wildman–Crippen MR) is 43.8 cm³/mol. The molecular weight excluding hydrogens is 248 g/mol. The van der Waals surface area contributed by atoms with Crippen LogP contribution in [0.2, 0.25) is 0 Å². The van der Waals surface area contributed by atoms with Gasteiger partial charge in [0.25, 0.3) is 0 Å². The standard InChI is InChI=1S/C8H9FN.Sn/c1-5-4-10-8(9)7(3)6(5)2;/h1-3H3;. The minimum atomic E-state index is -0.320. The van der Waals surface area contributed by atoms with Crippen LogP contribution in [0.5, 0.6) is 0 Å². The Labute approximate surface area is 79.1 Å². The second kappa shape index (κ2) is 3.09. The topological polar surface area (TPSA) is 12.9 Å². The van der Waals surface area contributed by atoms with E-state index < -0.39 is 0 Å². The normalized spacial score (nSPS) is 10.3. The second-order valence-corrected chi connectivity index (χ2v) is 3.98. The van der Waals surface area contributed by atoms with Gasteiger partial charge in [-0.15, -0.1) is 0 Å². The summed E-state index contributed by atoms with van der Waals surface area (Å²) < 4.78 is 13.8. The Morgan fingerprint density at radius 2 is 1.64 bits per heavy atom. The number of nitrogens with zero attached hydrogens (tertiary/aromatic N) is 1. The fourth-order valence-corrected chi connectivity index (χ4v) is 1.69. The molecule has 3 radical (unpaired) electrons. The van der Waals surface area contributed by atoms with Crippen LogP contribution in [-0.2, 0) is 0 Å². The molecule has 0 aliphatic rings. The second-order valence-electron chi connectivity index (χ2n) is 2.63. The van der Waals surface area contributed by atoms with E-state index in [1.807, 2.05) is 13.8 Å². The van der Waals surface area contributed by atoms with Crippen LogP contribution in [0.3, 0.4) is 0 Å². The molecule has 0 saturated carbocycles. The van der Waals surface area contributed by atoms with Gasteiger partial charge in [-0.1, -0.05) is 0 Å². The van der Waals surface area contributed by atoms with Crippen molar-refractivity contribution in [2.75, 3.05) is 0 Å². The fraction of sp³-hybridized carbons (Fsp3) is 0.375. The molecule has 0 atom stereocenters. The molecule has 0 spiro atoms. The van der Waals surface area contributed by atoms with Crippen LogP contribution < -0.4 is 3.71 Å². The molecule has 0 fully saturated rings. The number of rotatable bonds is 0. The maximum atomic E-state index is 12.9. The summed E-state index contributed by atoms with van der Waals surface area (Å²) in [7, 11) is 0. The molecule has 0 saturated heterocycles. The Balaban J connectivity index is 3.46. The Morgan fingerprint density at radius 3 is 2.18 bits per heavy atom. The quantitative estimate of drug-likeness (QED) is 0.498. The molecule has 1 heterocycles. The summed E-state index contributed by atoms with van der Waals surface area (Å²) in [4.78, 5) is 3.81. The molecule has 0 bridgehead atoms. The molecule has 1 rings (SSSR count). The monoisotopic (exact) mass is 258 g/mol. The van der Waals surface area contributed by atoms with E-state index in [4.69, 9.17) is 0 Å². The molecule has 0 N–H and O–H groups in total. The van der Waals surface area contributed by atoms with Crippen LogP contribution in [0.1, 0.15) is 16.7 Å². The van der Waals surface area contributed by atoms with Gasteiger partial charge in [-0.05, 0) is 0 Å². The first kappa shape index (κ1) is 8.97. The number of hydrogen-bond acceptors (Lipinski definition) is 1. The molecule has 1 aromatic heterocycles. The molecule has 0 unspecified atom stereocenters. The van der Waals surface area contributed by atoms with Gasteiger partial charge < -0.3 is 0 Å². The van der Waals surface area contributed by atoms with Gasteiger partial charge in [0.2, 0.25) is 0 Å². The van der Waals surface area contributed by atoms with Crippen LogP contribution in [0.15, 0.2) is 0 Å². The van der Waals surface area contributed by atoms with Gasteiger partial charge in [0.1, 0.15) is 0 Å². The van der Waals surface area contributed by atoms with Crippen molar-refractivity contribution in [3.63, 3.8) is 0 Å². The molecule has 0 aliphatic carbocycles. The Bertz CT molecular complexity index is 270. The van der Waals surface area contributed by atoms with Crippen LogP contribution in [0.25, 0.3) is 0 Å². The summed E-state index contributed by atoms with van der Waals surface area (Å²) in [6.45, 7) is 5.68. The number of pyridine rings is 1. The van der Waals surface area contributed by atoms with Crippen molar-refractivity contribution in [3.8, 4) is 0 Å².